The number of likely N-dealkylation sites (tertiary alicyclic amines) is 1. The van der Waals surface area contributed by atoms with Crippen molar-refractivity contribution in [1.82, 2.24) is 14.5 Å². The molecule has 1 saturated heterocycles. The van der Waals surface area contributed by atoms with E-state index in [1.807, 2.05) is 25.7 Å². The summed E-state index contributed by atoms with van der Waals surface area (Å²) in [6, 6.07) is 0. The van der Waals surface area contributed by atoms with Gasteiger partial charge < -0.3 is 14.2 Å². The second-order valence-electron chi connectivity index (χ2n) is 7.13. The molecule has 1 amide bonds. The Balaban J connectivity index is 2.01. The lowest BCUT2D eigenvalue weighted by atomic mass is 9.96. The summed E-state index contributed by atoms with van der Waals surface area (Å²) in [6.07, 6.45) is 1.71. The maximum Gasteiger partial charge on any atom is 0.410 e. The normalized spacial score (nSPS) is 16.9. The summed E-state index contributed by atoms with van der Waals surface area (Å²) < 4.78 is 7.76. The molecule has 1 fully saturated rings. The number of hydrogen-bond acceptors (Lipinski definition) is 3. The topological polar surface area (TPSA) is 47.4 Å². The van der Waals surface area contributed by atoms with Gasteiger partial charge in [-0.15, -0.1) is 0 Å². The van der Waals surface area contributed by atoms with Crippen LogP contribution in [0.15, 0.2) is 0 Å². The second-order valence-corrected chi connectivity index (χ2v) is 7.13. The van der Waals surface area contributed by atoms with Crippen LogP contribution in [0.25, 0.3) is 0 Å². The van der Waals surface area contributed by atoms with Crippen molar-refractivity contribution in [3.63, 3.8) is 0 Å². The second kappa shape index (κ2) is 6.31. The van der Waals surface area contributed by atoms with Gasteiger partial charge >= 0.3 is 6.09 Å². The highest BCUT2D eigenvalue weighted by molar-refractivity contribution is 5.68. The van der Waals surface area contributed by atoms with E-state index < -0.39 is 5.60 Å². The maximum absolute atomic E-state index is 12.1. The van der Waals surface area contributed by atoms with Crippen molar-refractivity contribution in [2.45, 2.75) is 72.4 Å². The number of carbonyl (C=O) groups excluding carboxylic acids is 1. The third-order valence-electron chi connectivity index (χ3n) is 4.32. The SMILES string of the molecule is CCn1c(C2CCN(C(=O)OC(C)(C)C)CC2)nc(C)c1C. The van der Waals surface area contributed by atoms with E-state index in [4.69, 9.17) is 9.72 Å². The number of aromatic nitrogens is 2. The quantitative estimate of drug-likeness (QED) is 0.838. The van der Waals surface area contributed by atoms with Gasteiger partial charge in [-0.1, -0.05) is 0 Å². The molecule has 0 bridgehead atoms. The van der Waals surface area contributed by atoms with E-state index in [0.29, 0.717) is 5.92 Å². The summed E-state index contributed by atoms with van der Waals surface area (Å²) in [7, 11) is 0. The third kappa shape index (κ3) is 3.62. The largest absolute Gasteiger partial charge is 0.444 e. The van der Waals surface area contributed by atoms with E-state index in [2.05, 4.69) is 25.3 Å². The zero-order valence-corrected chi connectivity index (χ0v) is 14.8. The molecule has 1 aliphatic heterocycles. The number of amides is 1. The van der Waals surface area contributed by atoms with Gasteiger partial charge in [-0.2, -0.15) is 0 Å². The minimum atomic E-state index is -0.430. The van der Waals surface area contributed by atoms with E-state index in [-0.39, 0.29) is 6.09 Å². The van der Waals surface area contributed by atoms with Crippen LogP contribution in [-0.4, -0.2) is 39.2 Å². The van der Waals surface area contributed by atoms with Crippen LogP contribution in [0.2, 0.25) is 0 Å². The standard InChI is InChI=1S/C17H29N3O2/c1-7-20-13(3)12(2)18-15(20)14-8-10-19(11-9-14)16(21)22-17(4,5)6/h14H,7-11H2,1-6H3. The molecule has 0 spiro atoms. The van der Waals surface area contributed by atoms with E-state index in [1.165, 1.54) is 11.5 Å². The Kier molecular flexibility index (Phi) is 4.83. The van der Waals surface area contributed by atoms with Crippen molar-refractivity contribution in [3.8, 4) is 0 Å². The van der Waals surface area contributed by atoms with Crippen molar-refractivity contribution in [1.29, 1.82) is 0 Å². The summed E-state index contributed by atoms with van der Waals surface area (Å²) in [5.74, 6) is 1.62. The van der Waals surface area contributed by atoms with Crippen molar-refractivity contribution in [2.75, 3.05) is 13.1 Å². The molecule has 0 aromatic carbocycles. The summed E-state index contributed by atoms with van der Waals surface area (Å²) in [5.41, 5.74) is 1.94. The lowest BCUT2D eigenvalue weighted by Crippen LogP contribution is -2.41. The van der Waals surface area contributed by atoms with E-state index in [9.17, 15) is 4.79 Å². The zero-order valence-electron chi connectivity index (χ0n) is 14.8. The molecular weight excluding hydrogens is 278 g/mol. The Labute approximate surface area is 133 Å². The maximum atomic E-state index is 12.1. The number of aryl methyl sites for hydroxylation is 1. The number of rotatable bonds is 2. The molecule has 0 radical (unpaired) electrons. The fraction of sp³-hybridized carbons (Fsp3) is 0.765. The lowest BCUT2D eigenvalue weighted by molar-refractivity contribution is 0.0202. The van der Waals surface area contributed by atoms with Crippen molar-refractivity contribution in [2.24, 2.45) is 0 Å². The molecule has 0 unspecified atom stereocenters. The monoisotopic (exact) mass is 307 g/mol. The highest BCUT2D eigenvalue weighted by atomic mass is 16.6. The zero-order chi connectivity index (χ0) is 16.5. The van der Waals surface area contributed by atoms with Crippen LogP contribution in [0.5, 0.6) is 0 Å². The Morgan fingerprint density at radius 2 is 1.86 bits per heavy atom. The first-order chi connectivity index (χ1) is 10.2. The fourth-order valence-electron chi connectivity index (χ4n) is 3.04. The smallest absolute Gasteiger partial charge is 0.410 e. The summed E-state index contributed by atoms with van der Waals surface area (Å²) in [6.45, 7) is 14.5. The number of hydrogen-bond donors (Lipinski definition) is 0. The van der Waals surface area contributed by atoms with Gasteiger partial charge in [0.25, 0.3) is 0 Å². The average molecular weight is 307 g/mol. The van der Waals surface area contributed by atoms with Gasteiger partial charge in [-0.05, 0) is 54.4 Å². The highest BCUT2D eigenvalue weighted by Gasteiger charge is 2.29. The first kappa shape index (κ1) is 16.8. The van der Waals surface area contributed by atoms with Gasteiger partial charge in [0, 0.05) is 31.2 Å². The van der Waals surface area contributed by atoms with Crippen LogP contribution >= 0.6 is 0 Å². The Hall–Kier alpha value is -1.52. The first-order valence-electron chi connectivity index (χ1n) is 8.24. The molecule has 0 atom stereocenters. The van der Waals surface area contributed by atoms with Crippen LogP contribution in [0.3, 0.4) is 0 Å². The van der Waals surface area contributed by atoms with Gasteiger partial charge in [0.1, 0.15) is 11.4 Å². The molecule has 0 aliphatic carbocycles. The van der Waals surface area contributed by atoms with Crippen LogP contribution in [0.1, 0.15) is 63.7 Å². The summed E-state index contributed by atoms with van der Waals surface area (Å²) >= 11 is 0. The van der Waals surface area contributed by atoms with Crippen molar-refractivity contribution < 1.29 is 9.53 Å². The molecule has 124 valence electrons. The minimum absolute atomic E-state index is 0.197. The molecule has 5 heteroatoms. The number of nitrogens with zero attached hydrogens (tertiary/aromatic N) is 3. The van der Waals surface area contributed by atoms with E-state index in [0.717, 1.165) is 38.2 Å². The molecule has 2 rings (SSSR count). The van der Waals surface area contributed by atoms with Gasteiger partial charge in [0.15, 0.2) is 0 Å². The number of piperidine rings is 1. The van der Waals surface area contributed by atoms with Gasteiger partial charge in [0.2, 0.25) is 0 Å². The molecule has 1 aromatic rings. The average Bonchev–Trinajstić information content (AvgIpc) is 2.72. The number of ether oxygens (including phenoxy) is 1. The van der Waals surface area contributed by atoms with Crippen LogP contribution in [-0.2, 0) is 11.3 Å². The Morgan fingerprint density at radius 1 is 1.27 bits per heavy atom. The predicted octanol–water partition coefficient (Wildman–Crippen LogP) is 3.63. The van der Waals surface area contributed by atoms with Crippen molar-refractivity contribution in [3.05, 3.63) is 17.2 Å². The number of imidazole rings is 1. The molecular formula is C17H29N3O2. The summed E-state index contributed by atoms with van der Waals surface area (Å²) in [4.78, 5) is 18.7. The first-order valence-corrected chi connectivity index (χ1v) is 8.24. The molecule has 1 aliphatic rings. The van der Waals surface area contributed by atoms with Crippen LogP contribution in [0, 0.1) is 13.8 Å². The van der Waals surface area contributed by atoms with Crippen LogP contribution in [0.4, 0.5) is 4.79 Å². The Morgan fingerprint density at radius 3 is 2.36 bits per heavy atom. The molecule has 0 N–H and O–H groups in total. The fourth-order valence-corrected chi connectivity index (χ4v) is 3.04. The van der Waals surface area contributed by atoms with Gasteiger partial charge in [-0.25, -0.2) is 9.78 Å². The van der Waals surface area contributed by atoms with Crippen LogP contribution < -0.4 is 0 Å². The Bertz CT molecular complexity index is 535. The van der Waals surface area contributed by atoms with Gasteiger partial charge in [0.05, 0.1) is 5.69 Å². The van der Waals surface area contributed by atoms with E-state index >= 15 is 0 Å². The molecule has 1 aromatic heterocycles. The third-order valence-corrected chi connectivity index (χ3v) is 4.32. The number of carbonyl (C=O) groups is 1. The van der Waals surface area contributed by atoms with Crippen molar-refractivity contribution >= 4 is 6.09 Å². The lowest BCUT2D eigenvalue weighted by Gasteiger charge is -2.33. The molecule has 5 nitrogen and oxygen atoms in total. The molecule has 0 saturated carbocycles. The molecule has 2 heterocycles. The summed E-state index contributed by atoms with van der Waals surface area (Å²) in [5, 5.41) is 0. The predicted molar refractivity (Wildman–Crippen MR) is 87.2 cm³/mol. The highest BCUT2D eigenvalue weighted by Crippen LogP contribution is 2.29. The minimum Gasteiger partial charge on any atom is -0.444 e. The van der Waals surface area contributed by atoms with Gasteiger partial charge in [-0.3, -0.25) is 0 Å². The van der Waals surface area contributed by atoms with E-state index in [1.54, 1.807) is 0 Å². The molecule has 22 heavy (non-hydrogen) atoms.